The molecule has 8 aromatic carbocycles. The van der Waals surface area contributed by atoms with Crippen LogP contribution in [0.2, 0.25) is 0 Å². The number of hydrogen-bond donors (Lipinski definition) is 0. The Morgan fingerprint density at radius 1 is 0.439 bits per heavy atom. The van der Waals surface area contributed by atoms with Gasteiger partial charge in [-0.05, 0) is 120 Å². The molecule has 0 bridgehead atoms. The monoisotopic (exact) mass is 728 g/mol. The van der Waals surface area contributed by atoms with Crippen LogP contribution in [0.1, 0.15) is 22.3 Å². The summed E-state index contributed by atoms with van der Waals surface area (Å²) in [6.07, 6.45) is 0. The van der Waals surface area contributed by atoms with Crippen molar-refractivity contribution >= 4 is 49.3 Å². The van der Waals surface area contributed by atoms with Gasteiger partial charge in [-0.2, -0.15) is 5.26 Å². The summed E-state index contributed by atoms with van der Waals surface area (Å²) in [5, 5.41) is 14.6. The summed E-state index contributed by atoms with van der Waals surface area (Å²) in [5.41, 5.74) is 16.9. The lowest BCUT2D eigenvalue weighted by atomic mass is 9.97. The van der Waals surface area contributed by atoms with Crippen molar-refractivity contribution in [3.63, 3.8) is 0 Å². The number of nitriles is 1. The van der Waals surface area contributed by atoms with Crippen molar-refractivity contribution in [3.05, 3.63) is 197 Å². The number of para-hydroxylation sites is 2. The van der Waals surface area contributed by atoms with E-state index < -0.39 is 0 Å². The number of nitrogens with zero attached hydrogens (tertiary/aromatic N) is 4. The van der Waals surface area contributed by atoms with Gasteiger partial charge in [-0.15, -0.1) is 0 Å². The lowest BCUT2D eigenvalue weighted by molar-refractivity contribution is 1.10. The Labute approximate surface area is 331 Å². The molecule has 10 aromatic rings. The maximum absolute atomic E-state index is 9.98. The summed E-state index contributed by atoms with van der Waals surface area (Å²) in [6, 6.07) is 60.4. The number of fused-ring (bicyclic) bond motifs is 6. The summed E-state index contributed by atoms with van der Waals surface area (Å²) in [5.74, 6) is 0. The Morgan fingerprint density at radius 3 is 1.46 bits per heavy atom. The van der Waals surface area contributed by atoms with Crippen LogP contribution in [0.25, 0.3) is 93.2 Å². The molecule has 0 N–H and O–H groups in total. The number of aryl methyl sites for hydroxylation is 3. The van der Waals surface area contributed by atoms with Crippen molar-refractivity contribution in [2.24, 2.45) is 0 Å². The lowest BCUT2D eigenvalue weighted by Gasteiger charge is -2.20. The van der Waals surface area contributed by atoms with Gasteiger partial charge in [0.1, 0.15) is 0 Å². The molecule has 2 heterocycles. The van der Waals surface area contributed by atoms with E-state index in [-0.39, 0.29) is 0 Å². The van der Waals surface area contributed by atoms with E-state index in [1.54, 1.807) is 0 Å². The van der Waals surface area contributed by atoms with Crippen LogP contribution in [0.15, 0.2) is 164 Å². The molecule has 0 fully saturated rings. The lowest BCUT2D eigenvalue weighted by Crippen LogP contribution is -2.04. The first kappa shape index (κ1) is 33.9. The van der Waals surface area contributed by atoms with E-state index in [0.717, 1.165) is 82.8 Å². The molecule has 4 heteroatoms. The van der Waals surface area contributed by atoms with Gasteiger partial charge in [0.05, 0.1) is 51.6 Å². The largest absolute Gasteiger partial charge is 0.308 e. The standard InChI is InChI=1S/C53H36N4/c1-33-11-9-13-37(24-33)39-19-21-50-45(28-39)42-15-5-7-17-48(42)56(50)52-30-44(41-26-35(3)23-36(27-41)32-54)47(55-4)31-53(52)57-49-18-8-6-16-43(49)46-29-40(20-22-51(46)57)38-14-10-12-34(2)25-38/h5-31H,1-3H3. The molecule has 57 heavy (non-hydrogen) atoms. The average molecular weight is 729 g/mol. The maximum Gasteiger partial charge on any atom is 0.197 e. The zero-order chi connectivity index (χ0) is 38.8. The van der Waals surface area contributed by atoms with Gasteiger partial charge in [0.2, 0.25) is 0 Å². The van der Waals surface area contributed by atoms with Gasteiger partial charge in [-0.25, -0.2) is 4.85 Å². The number of benzene rings is 8. The SMILES string of the molecule is [C-]#[N+]c1cc(-n2c3ccccc3c3cc(-c4cccc(C)c4)ccc32)c(-n2c3ccccc3c3cc(-c4cccc(C)c4)ccc32)cc1-c1cc(C)cc(C#N)c1. The Kier molecular flexibility index (Phi) is 7.89. The van der Waals surface area contributed by atoms with Crippen molar-refractivity contribution < 1.29 is 0 Å². The smallest absolute Gasteiger partial charge is 0.197 e. The molecule has 0 aliphatic rings. The summed E-state index contributed by atoms with van der Waals surface area (Å²) >= 11 is 0. The fourth-order valence-corrected chi connectivity index (χ4v) is 8.72. The highest BCUT2D eigenvalue weighted by atomic mass is 15.1. The Bertz CT molecular complexity index is 3360. The van der Waals surface area contributed by atoms with Crippen LogP contribution in [0.5, 0.6) is 0 Å². The van der Waals surface area contributed by atoms with E-state index >= 15 is 0 Å². The molecule has 4 nitrogen and oxygen atoms in total. The van der Waals surface area contributed by atoms with Gasteiger partial charge in [-0.3, -0.25) is 0 Å². The van der Waals surface area contributed by atoms with Crippen LogP contribution >= 0.6 is 0 Å². The van der Waals surface area contributed by atoms with E-state index in [4.69, 9.17) is 6.57 Å². The first-order valence-electron chi connectivity index (χ1n) is 19.2. The fraction of sp³-hybridized carbons (Fsp3) is 0.0566. The van der Waals surface area contributed by atoms with Crippen LogP contribution < -0.4 is 0 Å². The van der Waals surface area contributed by atoms with Crippen LogP contribution in [0.4, 0.5) is 5.69 Å². The molecular formula is C53H36N4. The van der Waals surface area contributed by atoms with Gasteiger partial charge < -0.3 is 9.13 Å². The van der Waals surface area contributed by atoms with E-state index in [1.807, 2.05) is 25.1 Å². The van der Waals surface area contributed by atoms with Gasteiger partial charge in [0, 0.05) is 21.5 Å². The molecule has 0 radical (unpaired) electrons. The van der Waals surface area contributed by atoms with E-state index in [9.17, 15) is 5.26 Å². The van der Waals surface area contributed by atoms with Crippen molar-refractivity contribution in [2.45, 2.75) is 20.8 Å². The normalized spacial score (nSPS) is 11.4. The van der Waals surface area contributed by atoms with Gasteiger partial charge >= 0.3 is 0 Å². The van der Waals surface area contributed by atoms with Crippen LogP contribution in [0, 0.1) is 38.7 Å². The minimum Gasteiger partial charge on any atom is -0.308 e. The highest BCUT2D eigenvalue weighted by molar-refractivity contribution is 6.13. The first-order valence-corrected chi connectivity index (χ1v) is 19.2. The van der Waals surface area contributed by atoms with Crippen molar-refractivity contribution in [3.8, 4) is 50.8 Å². The van der Waals surface area contributed by atoms with Gasteiger partial charge in [-0.1, -0.05) is 114 Å². The van der Waals surface area contributed by atoms with E-state index in [0.29, 0.717) is 11.3 Å². The van der Waals surface area contributed by atoms with Gasteiger partial charge in [0.25, 0.3) is 0 Å². The molecule has 268 valence electrons. The molecule has 0 amide bonds. The second-order valence-electron chi connectivity index (χ2n) is 15.1. The number of hydrogen-bond acceptors (Lipinski definition) is 1. The first-order chi connectivity index (χ1) is 27.9. The topological polar surface area (TPSA) is 38.0 Å². The quantitative estimate of drug-likeness (QED) is 0.163. The predicted octanol–water partition coefficient (Wildman–Crippen LogP) is 14.2. The molecule has 0 atom stereocenters. The zero-order valence-electron chi connectivity index (χ0n) is 31.9. The third-order valence-electron chi connectivity index (χ3n) is 11.3. The fourth-order valence-electron chi connectivity index (χ4n) is 8.72. The van der Waals surface area contributed by atoms with Crippen LogP contribution in [0.3, 0.4) is 0 Å². The Hall–Kier alpha value is -7.66. The summed E-state index contributed by atoms with van der Waals surface area (Å²) < 4.78 is 4.69. The molecule has 0 spiro atoms. The minimum absolute atomic E-state index is 0.521. The van der Waals surface area contributed by atoms with Crippen LogP contribution in [-0.2, 0) is 0 Å². The minimum atomic E-state index is 0.521. The highest BCUT2D eigenvalue weighted by Crippen LogP contribution is 2.44. The molecule has 0 aliphatic carbocycles. The number of aromatic nitrogens is 2. The molecule has 0 aliphatic heterocycles. The summed E-state index contributed by atoms with van der Waals surface area (Å²) in [7, 11) is 0. The van der Waals surface area contributed by atoms with Crippen molar-refractivity contribution in [1.29, 1.82) is 5.26 Å². The second-order valence-corrected chi connectivity index (χ2v) is 15.1. The molecule has 0 saturated heterocycles. The average Bonchev–Trinajstić information content (AvgIpc) is 3.75. The summed E-state index contributed by atoms with van der Waals surface area (Å²) in [4.78, 5) is 4.17. The van der Waals surface area contributed by atoms with E-state index in [2.05, 4.69) is 179 Å². The third-order valence-corrected chi connectivity index (χ3v) is 11.3. The Balaban J connectivity index is 1.32. The summed E-state index contributed by atoms with van der Waals surface area (Å²) in [6.45, 7) is 14.8. The molecule has 10 rings (SSSR count). The van der Waals surface area contributed by atoms with Crippen molar-refractivity contribution in [2.75, 3.05) is 0 Å². The van der Waals surface area contributed by atoms with Gasteiger partial charge in [0.15, 0.2) is 5.69 Å². The predicted molar refractivity (Wildman–Crippen MR) is 237 cm³/mol. The molecule has 0 unspecified atom stereocenters. The highest BCUT2D eigenvalue weighted by Gasteiger charge is 2.23. The molecular weight excluding hydrogens is 693 g/mol. The Morgan fingerprint density at radius 2 is 0.930 bits per heavy atom. The maximum atomic E-state index is 9.98. The second kappa shape index (κ2) is 13.3. The molecule has 0 saturated carbocycles. The zero-order valence-corrected chi connectivity index (χ0v) is 31.9. The third kappa shape index (κ3) is 5.58. The van der Waals surface area contributed by atoms with Crippen LogP contribution in [-0.4, -0.2) is 9.13 Å². The van der Waals surface area contributed by atoms with Crippen molar-refractivity contribution in [1.82, 2.24) is 9.13 Å². The molecule has 2 aromatic heterocycles. The van der Waals surface area contributed by atoms with E-state index in [1.165, 1.54) is 22.3 Å². The number of rotatable bonds is 5.